The summed E-state index contributed by atoms with van der Waals surface area (Å²) < 4.78 is 23.0. The lowest BCUT2D eigenvalue weighted by Crippen LogP contribution is -2.15. The van der Waals surface area contributed by atoms with E-state index in [1.165, 1.54) is 17.4 Å². The molecule has 112 valence electrons. The Bertz CT molecular complexity index is 788. The molecule has 2 rings (SSSR count). The number of rotatable bonds is 3. The molecule has 3 N–H and O–H groups in total. The van der Waals surface area contributed by atoms with Crippen molar-refractivity contribution in [3.63, 3.8) is 0 Å². The molecule has 1 amide bonds. The van der Waals surface area contributed by atoms with Crippen LogP contribution in [0.1, 0.15) is 25.7 Å². The minimum atomic E-state index is -3.81. The van der Waals surface area contributed by atoms with E-state index in [1.54, 1.807) is 19.1 Å². The number of aryl methyl sites for hydroxylation is 3. The molecule has 1 heterocycles. The van der Waals surface area contributed by atoms with Crippen LogP contribution >= 0.6 is 11.3 Å². The maximum absolute atomic E-state index is 12.1. The van der Waals surface area contributed by atoms with Gasteiger partial charge in [-0.2, -0.15) is 0 Å². The summed E-state index contributed by atoms with van der Waals surface area (Å²) in [6, 6.07) is 6.44. The van der Waals surface area contributed by atoms with Crippen LogP contribution in [0, 0.1) is 20.8 Å². The van der Waals surface area contributed by atoms with E-state index < -0.39 is 10.0 Å². The summed E-state index contributed by atoms with van der Waals surface area (Å²) in [6.45, 7) is 5.53. The van der Waals surface area contributed by atoms with Crippen LogP contribution in [0.4, 0.5) is 5.69 Å². The maximum Gasteiger partial charge on any atom is 0.265 e. The normalized spacial score (nSPS) is 11.4. The second-order valence-electron chi connectivity index (χ2n) is 4.83. The number of benzene rings is 1. The van der Waals surface area contributed by atoms with Crippen molar-refractivity contribution < 1.29 is 13.2 Å². The number of carbonyl (C=O) groups is 1. The number of amides is 1. The van der Waals surface area contributed by atoms with Gasteiger partial charge >= 0.3 is 0 Å². The second kappa shape index (κ2) is 5.59. The van der Waals surface area contributed by atoms with Crippen molar-refractivity contribution in [1.29, 1.82) is 0 Å². The number of nitrogens with one attached hydrogen (secondary N) is 1. The van der Waals surface area contributed by atoms with Gasteiger partial charge in [0.25, 0.3) is 5.91 Å². The largest absolute Gasteiger partial charge is 0.321 e. The Morgan fingerprint density at radius 1 is 1.14 bits per heavy atom. The molecule has 0 saturated carbocycles. The fourth-order valence-electron chi connectivity index (χ4n) is 1.86. The maximum atomic E-state index is 12.1. The summed E-state index contributed by atoms with van der Waals surface area (Å²) in [6.07, 6.45) is 0. The third-order valence-corrected chi connectivity index (χ3v) is 5.35. The number of hydrogen-bond acceptors (Lipinski definition) is 4. The Morgan fingerprint density at radius 3 is 2.33 bits per heavy atom. The van der Waals surface area contributed by atoms with Gasteiger partial charge in [-0.15, -0.1) is 11.3 Å². The van der Waals surface area contributed by atoms with Gasteiger partial charge in [0.2, 0.25) is 10.0 Å². The molecule has 21 heavy (non-hydrogen) atoms. The molecule has 7 heteroatoms. The molecule has 0 spiro atoms. The average molecular weight is 324 g/mol. The van der Waals surface area contributed by atoms with E-state index in [4.69, 9.17) is 5.14 Å². The minimum Gasteiger partial charge on any atom is -0.321 e. The van der Waals surface area contributed by atoms with Gasteiger partial charge < -0.3 is 5.32 Å². The second-order valence-corrected chi connectivity index (χ2v) is 7.62. The van der Waals surface area contributed by atoms with Crippen LogP contribution in [-0.4, -0.2) is 14.3 Å². The summed E-state index contributed by atoms with van der Waals surface area (Å²) in [5, 5.41) is 7.84. The molecule has 0 bridgehead atoms. The molecule has 5 nitrogen and oxygen atoms in total. The number of nitrogens with two attached hydrogens (primary N) is 1. The van der Waals surface area contributed by atoms with E-state index in [0.717, 1.165) is 10.4 Å². The third-order valence-electron chi connectivity index (χ3n) is 3.14. The lowest BCUT2D eigenvalue weighted by atomic mass is 10.2. The molecule has 0 radical (unpaired) electrons. The van der Waals surface area contributed by atoms with Gasteiger partial charge in [0.15, 0.2) is 0 Å². The highest BCUT2D eigenvalue weighted by molar-refractivity contribution is 7.89. The van der Waals surface area contributed by atoms with Crippen molar-refractivity contribution in [2.24, 2.45) is 5.14 Å². The summed E-state index contributed by atoms with van der Waals surface area (Å²) in [7, 11) is -3.81. The molecule has 0 fully saturated rings. The summed E-state index contributed by atoms with van der Waals surface area (Å²) >= 11 is 1.40. The van der Waals surface area contributed by atoms with Crippen LogP contribution in [0.15, 0.2) is 29.2 Å². The van der Waals surface area contributed by atoms with Gasteiger partial charge in [0.05, 0.1) is 9.77 Å². The Balaban J connectivity index is 2.30. The lowest BCUT2D eigenvalue weighted by Gasteiger charge is -2.08. The molecule has 0 aliphatic rings. The summed E-state index contributed by atoms with van der Waals surface area (Å²) in [5.74, 6) is -0.263. The van der Waals surface area contributed by atoms with E-state index in [0.29, 0.717) is 16.1 Å². The number of primary sulfonamides is 1. The molecule has 1 aromatic carbocycles. The van der Waals surface area contributed by atoms with Gasteiger partial charge in [-0.3, -0.25) is 4.79 Å². The number of hydrogen-bond donors (Lipinski definition) is 2. The number of sulfonamides is 1. The van der Waals surface area contributed by atoms with E-state index in [9.17, 15) is 13.2 Å². The molecular weight excluding hydrogens is 308 g/mol. The quantitative estimate of drug-likeness (QED) is 0.909. The first-order valence-electron chi connectivity index (χ1n) is 6.20. The lowest BCUT2D eigenvalue weighted by molar-refractivity contribution is 0.103. The molecule has 0 saturated heterocycles. The van der Waals surface area contributed by atoms with Crippen molar-refractivity contribution in [3.8, 4) is 0 Å². The third kappa shape index (κ3) is 3.49. The van der Waals surface area contributed by atoms with Crippen molar-refractivity contribution in [2.75, 3.05) is 5.32 Å². The van der Waals surface area contributed by atoms with Crippen LogP contribution in [0.25, 0.3) is 0 Å². The summed E-state index contributed by atoms with van der Waals surface area (Å²) in [4.78, 5) is 13.8. The zero-order valence-electron chi connectivity index (χ0n) is 11.9. The first-order chi connectivity index (χ1) is 9.68. The number of anilines is 1. The Labute approximate surface area is 127 Å². The van der Waals surface area contributed by atoms with E-state index in [-0.39, 0.29) is 10.8 Å². The van der Waals surface area contributed by atoms with Crippen molar-refractivity contribution in [2.45, 2.75) is 25.7 Å². The van der Waals surface area contributed by atoms with Crippen LogP contribution < -0.4 is 10.5 Å². The Hall–Kier alpha value is -1.70. The molecule has 2 aromatic rings. The van der Waals surface area contributed by atoms with Crippen molar-refractivity contribution in [1.82, 2.24) is 0 Å². The fourth-order valence-corrected chi connectivity index (χ4v) is 3.60. The zero-order chi connectivity index (χ0) is 15.8. The van der Waals surface area contributed by atoms with Crippen molar-refractivity contribution >= 4 is 33.0 Å². The fraction of sp³-hybridized carbons (Fsp3) is 0.214. The summed E-state index contributed by atoms with van der Waals surface area (Å²) in [5.41, 5.74) is 2.00. The van der Waals surface area contributed by atoms with E-state index >= 15 is 0 Å². The first-order valence-corrected chi connectivity index (χ1v) is 8.56. The van der Waals surface area contributed by atoms with Gasteiger partial charge in [-0.25, -0.2) is 13.6 Å². The minimum absolute atomic E-state index is 0.0128. The Morgan fingerprint density at radius 2 is 1.81 bits per heavy atom. The van der Waals surface area contributed by atoms with Crippen molar-refractivity contribution in [3.05, 3.63) is 45.1 Å². The smallest absolute Gasteiger partial charge is 0.265 e. The molecule has 0 aliphatic heterocycles. The van der Waals surface area contributed by atoms with Crippen LogP contribution in [0.3, 0.4) is 0 Å². The molecule has 0 aliphatic carbocycles. The van der Waals surface area contributed by atoms with Crippen LogP contribution in [0.5, 0.6) is 0 Å². The molecule has 0 atom stereocenters. The predicted octanol–water partition coefficient (Wildman–Crippen LogP) is 2.57. The molecule has 0 unspecified atom stereocenters. The standard InChI is InChI=1S/C14H16N2O3S2/c1-8-4-5-11(7-13(8)21(15,18)19)16-14(17)12-6-9(2)10(3)20-12/h4-7H,1-3H3,(H,16,17)(H2,15,18,19). The van der Waals surface area contributed by atoms with Crippen LogP contribution in [0.2, 0.25) is 0 Å². The Kier molecular flexibility index (Phi) is 4.18. The average Bonchev–Trinajstić information content (AvgIpc) is 2.71. The number of thiophene rings is 1. The molecular formula is C14H16N2O3S2. The highest BCUT2D eigenvalue weighted by atomic mass is 32.2. The van der Waals surface area contributed by atoms with Gasteiger partial charge in [0, 0.05) is 10.6 Å². The van der Waals surface area contributed by atoms with Gasteiger partial charge in [0.1, 0.15) is 0 Å². The van der Waals surface area contributed by atoms with Gasteiger partial charge in [-0.1, -0.05) is 6.07 Å². The van der Waals surface area contributed by atoms with E-state index in [2.05, 4.69) is 5.32 Å². The first kappa shape index (κ1) is 15.7. The SMILES string of the molecule is Cc1ccc(NC(=O)c2cc(C)c(C)s2)cc1S(N)(=O)=O. The van der Waals surface area contributed by atoms with Crippen LogP contribution in [-0.2, 0) is 10.0 Å². The number of carbonyl (C=O) groups excluding carboxylic acids is 1. The van der Waals surface area contributed by atoms with Gasteiger partial charge in [-0.05, 0) is 50.1 Å². The van der Waals surface area contributed by atoms with E-state index in [1.807, 2.05) is 19.9 Å². The monoisotopic (exact) mass is 324 g/mol. The zero-order valence-corrected chi connectivity index (χ0v) is 13.6. The molecule has 1 aromatic heterocycles. The topological polar surface area (TPSA) is 89.3 Å². The predicted molar refractivity (Wildman–Crippen MR) is 84.3 cm³/mol. The highest BCUT2D eigenvalue weighted by Gasteiger charge is 2.15. The highest BCUT2D eigenvalue weighted by Crippen LogP contribution is 2.23.